The normalized spacial score (nSPS) is 11.0. The fraction of sp³-hybridized carbons (Fsp3) is 0.0625. The van der Waals surface area contributed by atoms with E-state index in [-0.39, 0.29) is 5.69 Å². The first kappa shape index (κ1) is 15.7. The summed E-state index contributed by atoms with van der Waals surface area (Å²) in [4.78, 5) is 12.6. The second-order valence-corrected chi connectivity index (χ2v) is 7.10. The van der Waals surface area contributed by atoms with Crippen molar-refractivity contribution < 1.29 is 4.92 Å². The molecule has 0 atom stereocenters. The second-order valence-electron chi connectivity index (χ2n) is 5.09. The van der Waals surface area contributed by atoms with Crippen LogP contribution >= 0.6 is 23.1 Å². The standard InChI is InChI=1S/C16H11N5O2S2/c22-21(23)13-9-5-4-8-12(13)15-19-20-14(17-18-16(20)25-15)10-24-11-6-2-1-3-7-11/h1-9H,10H2. The number of nitro groups is 1. The van der Waals surface area contributed by atoms with Gasteiger partial charge in [0.05, 0.1) is 16.2 Å². The zero-order valence-electron chi connectivity index (χ0n) is 12.8. The highest BCUT2D eigenvalue weighted by Crippen LogP contribution is 2.33. The van der Waals surface area contributed by atoms with Gasteiger partial charge in [0.1, 0.15) is 0 Å². The van der Waals surface area contributed by atoms with Crippen molar-refractivity contribution in [2.24, 2.45) is 0 Å². The average molecular weight is 369 g/mol. The minimum absolute atomic E-state index is 0.0349. The summed E-state index contributed by atoms with van der Waals surface area (Å²) in [6, 6.07) is 16.6. The number of rotatable bonds is 5. The first-order chi connectivity index (χ1) is 12.2. The van der Waals surface area contributed by atoms with Gasteiger partial charge in [0.2, 0.25) is 4.96 Å². The molecule has 0 bridgehead atoms. The first-order valence-corrected chi connectivity index (χ1v) is 9.15. The van der Waals surface area contributed by atoms with Crippen LogP contribution in [0.3, 0.4) is 0 Å². The van der Waals surface area contributed by atoms with Crippen molar-refractivity contribution in [3.63, 3.8) is 0 Å². The van der Waals surface area contributed by atoms with E-state index in [1.807, 2.05) is 30.3 Å². The highest BCUT2D eigenvalue weighted by Gasteiger charge is 2.20. The van der Waals surface area contributed by atoms with E-state index in [1.165, 1.54) is 17.4 Å². The van der Waals surface area contributed by atoms with Gasteiger partial charge < -0.3 is 0 Å². The highest BCUT2D eigenvalue weighted by atomic mass is 32.2. The minimum atomic E-state index is -0.399. The Morgan fingerprint density at radius 1 is 1.08 bits per heavy atom. The van der Waals surface area contributed by atoms with Crippen molar-refractivity contribution >= 4 is 33.7 Å². The number of hydrogen-bond acceptors (Lipinski definition) is 7. The lowest BCUT2D eigenvalue weighted by Gasteiger charge is -1.99. The third kappa shape index (κ3) is 3.11. The molecule has 0 aliphatic carbocycles. The molecule has 0 unspecified atom stereocenters. The maximum absolute atomic E-state index is 11.2. The Hall–Kier alpha value is -2.78. The highest BCUT2D eigenvalue weighted by molar-refractivity contribution is 7.98. The molecule has 0 saturated carbocycles. The zero-order chi connectivity index (χ0) is 17.2. The van der Waals surface area contributed by atoms with Crippen LogP contribution in [0.25, 0.3) is 15.5 Å². The van der Waals surface area contributed by atoms with Gasteiger partial charge in [0.15, 0.2) is 10.8 Å². The van der Waals surface area contributed by atoms with Gasteiger partial charge in [-0.2, -0.15) is 9.61 Å². The molecule has 2 aromatic carbocycles. The minimum Gasteiger partial charge on any atom is -0.258 e. The lowest BCUT2D eigenvalue weighted by atomic mass is 10.2. The molecular formula is C16H11N5O2S2. The molecule has 4 aromatic rings. The quantitative estimate of drug-likeness (QED) is 0.300. The molecule has 0 radical (unpaired) electrons. The number of para-hydroxylation sites is 1. The van der Waals surface area contributed by atoms with Gasteiger partial charge in [0, 0.05) is 11.0 Å². The van der Waals surface area contributed by atoms with Crippen molar-refractivity contribution in [1.82, 2.24) is 19.8 Å². The van der Waals surface area contributed by atoms with Gasteiger partial charge in [-0.05, 0) is 18.2 Å². The smallest absolute Gasteiger partial charge is 0.258 e. The summed E-state index contributed by atoms with van der Waals surface area (Å²) in [5, 5.41) is 24.6. The van der Waals surface area contributed by atoms with E-state index < -0.39 is 4.92 Å². The third-order valence-corrected chi connectivity index (χ3v) is 5.44. The summed E-state index contributed by atoms with van der Waals surface area (Å²) in [6.45, 7) is 0. The van der Waals surface area contributed by atoms with Crippen LogP contribution in [0, 0.1) is 10.1 Å². The Kier molecular flexibility index (Phi) is 4.16. The summed E-state index contributed by atoms with van der Waals surface area (Å²) in [6.07, 6.45) is 0. The predicted molar refractivity (Wildman–Crippen MR) is 96.8 cm³/mol. The van der Waals surface area contributed by atoms with Crippen LogP contribution in [-0.2, 0) is 5.75 Å². The summed E-state index contributed by atoms with van der Waals surface area (Å²) >= 11 is 2.93. The van der Waals surface area contributed by atoms with Crippen LogP contribution in [0.2, 0.25) is 0 Å². The molecule has 0 spiro atoms. The third-order valence-electron chi connectivity index (χ3n) is 3.50. The van der Waals surface area contributed by atoms with Crippen LogP contribution in [0.15, 0.2) is 59.5 Å². The van der Waals surface area contributed by atoms with Gasteiger partial charge in [-0.1, -0.05) is 41.7 Å². The molecule has 25 heavy (non-hydrogen) atoms. The topological polar surface area (TPSA) is 86.2 Å². The van der Waals surface area contributed by atoms with Gasteiger partial charge in [-0.15, -0.1) is 22.0 Å². The van der Waals surface area contributed by atoms with Crippen LogP contribution in [0.4, 0.5) is 5.69 Å². The van der Waals surface area contributed by atoms with E-state index >= 15 is 0 Å². The predicted octanol–water partition coefficient (Wildman–Crippen LogP) is 4.05. The van der Waals surface area contributed by atoms with Crippen LogP contribution in [-0.4, -0.2) is 24.7 Å². The van der Waals surface area contributed by atoms with Crippen molar-refractivity contribution in [1.29, 1.82) is 0 Å². The first-order valence-electron chi connectivity index (χ1n) is 7.35. The second kappa shape index (κ2) is 6.61. The zero-order valence-corrected chi connectivity index (χ0v) is 14.4. The summed E-state index contributed by atoms with van der Waals surface area (Å²) in [5.74, 6) is 1.33. The number of fused-ring (bicyclic) bond motifs is 1. The van der Waals surface area contributed by atoms with E-state index in [9.17, 15) is 10.1 Å². The van der Waals surface area contributed by atoms with Crippen molar-refractivity contribution in [3.05, 3.63) is 70.5 Å². The number of nitrogens with zero attached hydrogens (tertiary/aromatic N) is 5. The number of benzene rings is 2. The molecule has 0 aliphatic heterocycles. The van der Waals surface area contributed by atoms with Gasteiger partial charge in [-0.25, -0.2) is 0 Å². The molecule has 0 fully saturated rings. The molecule has 9 heteroatoms. The lowest BCUT2D eigenvalue weighted by Crippen LogP contribution is -1.95. The fourth-order valence-corrected chi connectivity index (χ4v) is 4.05. The van der Waals surface area contributed by atoms with Gasteiger partial charge in [0.25, 0.3) is 5.69 Å². The van der Waals surface area contributed by atoms with Crippen molar-refractivity contribution in [2.45, 2.75) is 10.6 Å². The summed E-state index contributed by atoms with van der Waals surface area (Å²) in [7, 11) is 0. The molecule has 7 nitrogen and oxygen atoms in total. The number of thioether (sulfide) groups is 1. The molecule has 0 saturated heterocycles. The maximum atomic E-state index is 11.2. The van der Waals surface area contributed by atoms with Gasteiger partial charge in [-0.3, -0.25) is 10.1 Å². The van der Waals surface area contributed by atoms with Crippen molar-refractivity contribution in [2.75, 3.05) is 0 Å². The number of hydrogen-bond donors (Lipinski definition) is 0. The van der Waals surface area contributed by atoms with E-state index in [0.29, 0.717) is 27.1 Å². The van der Waals surface area contributed by atoms with E-state index in [0.717, 1.165) is 4.90 Å². The molecule has 4 rings (SSSR count). The van der Waals surface area contributed by atoms with Crippen LogP contribution in [0.5, 0.6) is 0 Å². The Morgan fingerprint density at radius 3 is 2.64 bits per heavy atom. The summed E-state index contributed by atoms with van der Waals surface area (Å²) < 4.78 is 1.66. The Morgan fingerprint density at radius 2 is 1.84 bits per heavy atom. The Labute approximate surface area is 150 Å². The Balaban J connectivity index is 1.66. The molecule has 124 valence electrons. The Bertz CT molecular complexity index is 1050. The fourth-order valence-electron chi connectivity index (χ4n) is 2.33. The average Bonchev–Trinajstić information content (AvgIpc) is 3.22. The summed E-state index contributed by atoms with van der Waals surface area (Å²) in [5.41, 5.74) is 0.525. The molecule has 0 N–H and O–H groups in total. The SMILES string of the molecule is O=[N+]([O-])c1ccccc1-c1nn2c(CSc3ccccc3)nnc2s1. The molecule has 2 heterocycles. The van der Waals surface area contributed by atoms with Crippen LogP contribution < -0.4 is 0 Å². The van der Waals surface area contributed by atoms with Gasteiger partial charge >= 0.3 is 0 Å². The van der Waals surface area contributed by atoms with Crippen molar-refractivity contribution in [3.8, 4) is 10.6 Å². The lowest BCUT2D eigenvalue weighted by molar-refractivity contribution is -0.384. The maximum Gasteiger partial charge on any atom is 0.279 e. The largest absolute Gasteiger partial charge is 0.279 e. The van der Waals surface area contributed by atoms with Crippen LogP contribution in [0.1, 0.15) is 5.82 Å². The van der Waals surface area contributed by atoms with E-state index in [4.69, 9.17) is 0 Å². The molecular weight excluding hydrogens is 358 g/mol. The number of nitro benzene ring substituents is 1. The molecule has 0 amide bonds. The van der Waals surface area contributed by atoms with E-state index in [2.05, 4.69) is 15.3 Å². The molecule has 0 aliphatic rings. The number of aromatic nitrogens is 4. The van der Waals surface area contributed by atoms with E-state index in [1.54, 1.807) is 34.5 Å². The molecule has 2 aromatic heterocycles. The monoisotopic (exact) mass is 369 g/mol.